The Morgan fingerprint density at radius 3 is 2.40 bits per heavy atom. The Labute approximate surface area is 144 Å². The summed E-state index contributed by atoms with van der Waals surface area (Å²) in [4.78, 5) is 0. The average Bonchev–Trinajstić information content (AvgIpc) is 2.47. The number of aryl methyl sites for hydroxylation is 1. The van der Waals surface area contributed by atoms with Crippen molar-refractivity contribution in [3.8, 4) is 0 Å². The van der Waals surface area contributed by atoms with Gasteiger partial charge in [0.2, 0.25) is 0 Å². The maximum atomic E-state index is 2.29. The van der Waals surface area contributed by atoms with E-state index in [2.05, 4.69) is 43.3 Å². The first kappa shape index (κ1) is 18.5. The molecule has 3 heteroatoms. The van der Waals surface area contributed by atoms with Crippen molar-refractivity contribution < 1.29 is 73.8 Å². The Morgan fingerprint density at radius 1 is 1.13 bits per heavy atom. The van der Waals surface area contributed by atoms with Crippen LogP contribution < -0.4 is 48.0 Å². The Hall–Kier alpha value is 1.16. The first-order chi connectivity index (χ1) is 5.90. The molecule has 0 radical (unpaired) electrons. The summed E-state index contributed by atoms with van der Waals surface area (Å²) in [5, 5.41) is 2.75. The Balaban J connectivity index is 0. The van der Waals surface area contributed by atoms with Crippen LogP contribution in [0.25, 0.3) is 10.8 Å². The van der Waals surface area contributed by atoms with E-state index in [4.69, 9.17) is 0 Å². The number of hydrogen-bond acceptors (Lipinski definition) is 0. The van der Waals surface area contributed by atoms with E-state index in [0.717, 1.165) is 0 Å². The van der Waals surface area contributed by atoms with Gasteiger partial charge in [-0.1, -0.05) is 19.4 Å². The van der Waals surface area contributed by atoms with Crippen LogP contribution in [0.2, 0.25) is 0 Å². The summed E-state index contributed by atoms with van der Waals surface area (Å²) in [7, 11) is 0. The molecule has 82 valence electrons. The van der Waals surface area contributed by atoms with Crippen LogP contribution >= 0.6 is 0 Å². The fourth-order valence-corrected chi connectivity index (χ4v) is 1.65. The average molecular weight is 590 g/mol. The van der Waals surface area contributed by atoms with Gasteiger partial charge in [0.05, 0.1) is 0 Å². The maximum Gasteiger partial charge on any atom is 0 e. The molecule has 0 spiro atoms. The van der Waals surface area contributed by atoms with Crippen molar-refractivity contribution in [2.45, 2.75) is 19.8 Å². The molecular formula is C12H13HfI2-3. The Kier molecular flexibility index (Phi) is 11.4. The molecule has 0 saturated heterocycles. The number of hydrogen-bond donors (Lipinski definition) is 0. The minimum atomic E-state index is 0. The van der Waals surface area contributed by atoms with Gasteiger partial charge in [0.25, 0.3) is 0 Å². The van der Waals surface area contributed by atoms with Gasteiger partial charge in [0.15, 0.2) is 0 Å². The molecule has 2 aromatic rings. The van der Waals surface area contributed by atoms with E-state index in [1.165, 1.54) is 29.2 Å². The van der Waals surface area contributed by atoms with Crippen molar-refractivity contribution in [3.63, 3.8) is 0 Å². The van der Waals surface area contributed by atoms with Gasteiger partial charge in [-0.15, -0.1) is 40.6 Å². The van der Waals surface area contributed by atoms with Gasteiger partial charge in [-0.05, 0) is 6.42 Å². The Morgan fingerprint density at radius 2 is 1.80 bits per heavy atom. The number of benzene rings is 1. The molecule has 0 aliphatic heterocycles. The van der Waals surface area contributed by atoms with Crippen LogP contribution in [0, 0.1) is 0 Å². The van der Waals surface area contributed by atoms with Crippen LogP contribution in [0.3, 0.4) is 0 Å². The van der Waals surface area contributed by atoms with Gasteiger partial charge in [0, 0.05) is 25.8 Å². The molecule has 0 aromatic heterocycles. The van der Waals surface area contributed by atoms with E-state index < -0.39 is 0 Å². The normalized spacial score (nSPS) is 8.60. The molecule has 0 aliphatic rings. The molecule has 0 bridgehead atoms. The largest absolute Gasteiger partial charge is 1.00 e. The van der Waals surface area contributed by atoms with Crippen LogP contribution in [0.15, 0.2) is 36.4 Å². The summed E-state index contributed by atoms with van der Waals surface area (Å²) in [5.41, 5.74) is 1.47. The fraction of sp³-hybridized carbons (Fsp3) is 0.250. The number of rotatable bonds is 2. The van der Waals surface area contributed by atoms with Crippen molar-refractivity contribution in [1.29, 1.82) is 0 Å². The van der Waals surface area contributed by atoms with Gasteiger partial charge in [0.1, 0.15) is 0 Å². The second-order valence-corrected chi connectivity index (χ2v) is 3.24. The van der Waals surface area contributed by atoms with E-state index >= 15 is 0 Å². The van der Waals surface area contributed by atoms with Crippen molar-refractivity contribution in [3.05, 3.63) is 42.0 Å². The van der Waals surface area contributed by atoms with Crippen LogP contribution in [0.5, 0.6) is 0 Å². The molecule has 0 fully saturated rings. The first-order valence-electron chi connectivity index (χ1n) is 4.54. The van der Waals surface area contributed by atoms with Crippen molar-refractivity contribution >= 4 is 10.8 Å². The second-order valence-electron chi connectivity index (χ2n) is 3.24. The molecule has 0 heterocycles. The van der Waals surface area contributed by atoms with Crippen molar-refractivity contribution in [1.82, 2.24) is 0 Å². The third-order valence-corrected chi connectivity index (χ3v) is 2.22. The molecule has 2 aromatic carbocycles. The van der Waals surface area contributed by atoms with Crippen LogP contribution in [-0.2, 0) is 32.3 Å². The molecular weight excluding hydrogens is 576 g/mol. The quantitative estimate of drug-likeness (QED) is 0.207. The van der Waals surface area contributed by atoms with Gasteiger partial charge in [-0.3, -0.25) is 0 Å². The van der Waals surface area contributed by atoms with Gasteiger partial charge in [-0.25, -0.2) is 0 Å². The zero-order valence-electron chi connectivity index (χ0n) is 8.63. The predicted molar refractivity (Wildman–Crippen MR) is 53.5 cm³/mol. The molecule has 0 nitrogen and oxygen atoms in total. The van der Waals surface area contributed by atoms with Crippen molar-refractivity contribution in [2.75, 3.05) is 0 Å². The van der Waals surface area contributed by atoms with Gasteiger partial charge in [-0.2, -0.15) is 6.07 Å². The third kappa shape index (κ3) is 4.89. The third-order valence-electron chi connectivity index (χ3n) is 2.22. The summed E-state index contributed by atoms with van der Waals surface area (Å²) in [6.45, 7) is 2.22. The number of fused-ring (bicyclic) bond motifs is 1. The van der Waals surface area contributed by atoms with E-state index in [1.54, 1.807) is 0 Å². The van der Waals surface area contributed by atoms with Crippen molar-refractivity contribution in [2.24, 2.45) is 0 Å². The molecule has 0 saturated carbocycles. The second kappa shape index (κ2) is 9.22. The summed E-state index contributed by atoms with van der Waals surface area (Å²) in [5.74, 6) is 0. The first-order valence-corrected chi connectivity index (χ1v) is 4.54. The SMILES string of the molecule is CCCc1cc2ccccc2[cH-]1.[Hf].[I-].[I-]. The molecule has 0 amide bonds. The molecule has 0 atom stereocenters. The topological polar surface area (TPSA) is 0 Å². The molecule has 2 rings (SSSR count). The zero-order chi connectivity index (χ0) is 8.39. The van der Waals surface area contributed by atoms with Crippen LogP contribution in [0.1, 0.15) is 18.9 Å². The van der Waals surface area contributed by atoms with E-state index in [-0.39, 0.29) is 73.8 Å². The van der Waals surface area contributed by atoms with Crippen LogP contribution in [0.4, 0.5) is 0 Å². The minimum absolute atomic E-state index is 0. The standard InChI is InChI=1S/C12H13.Hf.2HI/c1-2-5-10-8-11-6-3-4-7-12(11)9-10;;;/h3-4,6-9H,2,5H2,1H3;;2*1H/q-1;;;/p-2. The zero-order valence-corrected chi connectivity index (χ0v) is 16.5. The minimum Gasteiger partial charge on any atom is -1.00 e. The fourth-order valence-electron chi connectivity index (χ4n) is 1.65. The van der Waals surface area contributed by atoms with Crippen LogP contribution in [-0.4, -0.2) is 0 Å². The predicted octanol–water partition coefficient (Wildman–Crippen LogP) is -2.48. The molecule has 15 heavy (non-hydrogen) atoms. The van der Waals surface area contributed by atoms with Gasteiger partial charge < -0.3 is 48.0 Å². The van der Waals surface area contributed by atoms with E-state index in [0.29, 0.717) is 0 Å². The monoisotopic (exact) mass is 591 g/mol. The van der Waals surface area contributed by atoms with E-state index in [1.807, 2.05) is 0 Å². The molecule has 0 N–H and O–H groups in total. The molecule has 0 aliphatic carbocycles. The number of halogens is 2. The summed E-state index contributed by atoms with van der Waals surface area (Å²) in [6, 6.07) is 13.1. The smallest absolute Gasteiger partial charge is 0 e. The maximum absolute atomic E-state index is 2.29. The Bertz CT molecular complexity index is 349. The summed E-state index contributed by atoms with van der Waals surface area (Å²) >= 11 is 0. The summed E-state index contributed by atoms with van der Waals surface area (Å²) in [6.07, 6.45) is 2.44. The summed E-state index contributed by atoms with van der Waals surface area (Å²) < 4.78 is 0. The van der Waals surface area contributed by atoms with Gasteiger partial charge >= 0.3 is 0 Å². The van der Waals surface area contributed by atoms with E-state index in [9.17, 15) is 0 Å². The molecule has 0 unspecified atom stereocenters.